The summed E-state index contributed by atoms with van der Waals surface area (Å²) in [4.78, 5) is 13.3. The smallest absolute Gasteiger partial charge is 0.274 e. The zero-order valence-corrected chi connectivity index (χ0v) is 18.9. The number of halogens is 2. The number of alkyl halides is 2. The van der Waals surface area contributed by atoms with Crippen LogP contribution in [0.15, 0.2) is 33.9 Å². The van der Waals surface area contributed by atoms with Gasteiger partial charge in [0, 0.05) is 36.8 Å². The predicted molar refractivity (Wildman–Crippen MR) is 122 cm³/mol. The van der Waals surface area contributed by atoms with Gasteiger partial charge in [-0.15, -0.1) is 0 Å². The number of anilines is 1. The second-order valence-electron chi connectivity index (χ2n) is 8.77. The van der Waals surface area contributed by atoms with Gasteiger partial charge < -0.3 is 15.2 Å². The Bertz CT molecular complexity index is 1200. The summed E-state index contributed by atoms with van der Waals surface area (Å²) in [6.45, 7) is 6.80. The summed E-state index contributed by atoms with van der Waals surface area (Å²) in [5, 5.41) is 10.6. The molecule has 1 aromatic carbocycles. The van der Waals surface area contributed by atoms with E-state index in [0.29, 0.717) is 18.2 Å². The number of nitrogens with zero attached hydrogens (tertiary/aromatic N) is 4. The largest absolute Gasteiger partial charge is 0.361 e. The average molecular weight is 453 g/mol. The SMILES string of the molecule is Cc1noc(C)c1-c1ccc2c(c1)CN=C2c1nc(N[C@H]2CCCNC2)ncc1C(C)(F)F. The first-order valence-corrected chi connectivity index (χ1v) is 11.1. The number of benzene rings is 1. The maximum Gasteiger partial charge on any atom is 0.274 e. The van der Waals surface area contributed by atoms with Gasteiger partial charge in [-0.25, -0.2) is 18.7 Å². The Labute approximate surface area is 190 Å². The third-order valence-electron chi connectivity index (χ3n) is 6.21. The van der Waals surface area contributed by atoms with Crippen molar-refractivity contribution in [1.82, 2.24) is 20.4 Å². The number of aromatic nitrogens is 3. The lowest BCUT2D eigenvalue weighted by Gasteiger charge is -2.24. The van der Waals surface area contributed by atoms with E-state index in [0.717, 1.165) is 66.6 Å². The molecular formula is C24H26F2N6O. The normalized spacial score (nSPS) is 18.2. The zero-order chi connectivity index (χ0) is 23.2. The molecule has 1 fully saturated rings. The van der Waals surface area contributed by atoms with Crippen LogP contribution in [0.25, 0.3) is 11.1 Å². The molecule has 0 bridgehead atoms. The molecule has 0 spiro atoms. The Hall–Kier alpha value is -3.20. The summed E-state index contributed by atoms with van der Waals surface area (Å²) in [7, 11) is 0. The Balaban J connectivity index is 1.52. The lowest BCUT2D eigenvalue weighted by atomic mass is 9.95. The number of hydrogen-bond donors (Lipinski definition) is 2. The number of hydrogen-bond acceptors (Lipinski definition) is 7. The van der Waals surface area contributed by atoms with E-state index in [2.05, 4.69) is 30.8 Å². The van der Waals surface area contributed by atoms with E-state index in [-0.39, 0.29) is 17.3 Å². The van der Waals surface area contributed by atoms with E-state index in [1.54, 1.807) is 0 Å². The first-order valence-electron chi connectivity index (χ1n) is 11.1. The van der Waals surface area contributed by atoms with Crippen molar-refractivity contribution in [2.75, 3.05) is 18.4 Å². The van der Waals surface area contributed by atoms with Crippen molar-refractivity contribution in [3.8, 4) is 11.1 Å². The molecular weight excluding hydrogens is 426 g/mol. The minimum atomic E-state index is -3.10. The predicted octanol–water partition coefficient (Wildman–Crippen LogP) is 4.38. The quantitative estimate of drug-likeness (QED) is 0.598. The highest BCUT2D eigenvalue weighted by molar-refractivity contribution is 6.15. The molecule has 0 radical (unpaired) electrons. The molecule has 4 heterocycles. The minimum Gasteiger partial charge on any atom is -0.361 e. The molecule has 2 aromatic heterocycles. The number of fused-ring (bicyclic) bond motifs is 1. The Morgan fingerprint density at radius 3 is 2.79 bits per heavy atom. The highest BCUT2D eigenvalue weighted by Gasteiger charge is 2.33. The maximum atomic E-state index is 14.5. The molecule has 0 saturated carbocycles. The zero-order valence-electron chi connectivity index (χ0n) is 18.9. The van der Waals surface area contributed by atoms with Crippen LogP contribution in [0, 0.1) is 13.8 Å². The fourth-order valence-corrected chi connectivity index (χ4v) is 4.57. The summed E-state index contributed by atoms with van der Waals surface area (Å²) in [6, 6.07) is 6.05. The standard InChI is InChI=1S/C24H26F2N6O/c1-13-20(14(2)33-32-13)15-6-7-18-16(9-15)10-28-21(18)22-19(24(3,25)26)12-29-23(31-22)30-17-5-4-8-27-11-17/h6-7,9,12,17,27H,4-5,8,10-11H2,1-3H3,(H,29,30,31)/t17-/m0/s1. The summed E-state index contributed by atoms with van der Waals surface area (Å²) >= 11 is 0. The summed E-state index contributed by atoms with van der Waals surface area (Å²) in [5.41, 5.74) is 4.91. The molecule has 2 aliphatic rings. The van der Waals surface area contributed by atoms with E-state index in [1.807, 2.05) is 32.0 Å². The molecule has 1 atom stereocenters. The van der Waals surface area contributed by atoms with Gasteiger partial charge in [0.15, 0.2) is 0 Å². The lowest BCUT2D eigenvalue weighted by molar-refractivity contribution is 0.0166. The number of rotatable bonds is 5. The molecule has 0 aliphatic carbocycles. The third-order valence-corrected chi connectivity index (χ3v) is 6.21. The molecule has 3 aromatic rings. The fraction of sp³-hybridized carbons (Fsp3) is 0.417. The van der Waals surface area contributed by atoms with Gasteiger partial charge in [-0.2, -0.15) is 0 Å². The molecule has 0 unspecified atom stereocenters. The van der Waals surface area contributed by atoms with Crippen LogP contribution in [0.2, 0.25) is 0 Å². The summed E-state index contributed by atoms with van der Waals surface area (Å²) < 4.78 is 34.3. The second-order valence-corrected chi connectivity index (χ2v) is 8.77. The number of aliphatic imine (C=N–C) groups is 1. The van der Waals surface area contributed by atoms with Gasteiger partial charge in [-0.05, 0) is 50.4 Å². The molecule has 33 heavy (non-hydrogen) atoms. The van der Waals surface area contributed by atoms with Crippen molar-refractivity contribution in [3.63, 3.8) is 0 Å². The van der Waals surface area contributed by atoms with E-state index in [1.165, 1.54) is 6.20 Å². The van der Waals surface area contributed by atoms with Gasteiger partial charge in [-0.1, -0.05) is 17.3 Å². The minimum absolute atomic E-state index is 0.162. The van der Waals surface area contributed by atoms with Crippen LogP contribution in [0.5, 0.6) is 0 Å². The van der Waals surface area contributed by atoms with Gasteiger partial charge in [0.25, 0.3) is 5.92 Å². The van der Waals surface area contributed by atoms with Crippen molar-refractivity contribution < 1.29 is 13.3 Å². The number of aryl methyl sites for hydroxylation is 2. The van der Waals surface area contributed by atoms with E-state index in [4.69, 9.17) is 4.52 Å². The first kappa shape index (κ1) is 21.6. The van der Waals surface area contributed by atoms with Gasteiger partial charge in [-0.3, -0.25) is 4.99 Å². The maximum absolute atomic E-state index is 14.5. The van der Waals surface area contributed by atoms with E-state index < -0.39 is 5.92 Å². The Kier molecular flexibility index (Phi) is 5.44. The molecule has 9 heteroatoms. The number of piperidine rings is 1. The molecule has 172 valence electrons. The van der Waals surface area contributed by atoms with Gasteiger partial charge in [0.2, 0.25) is 5.95 Å². The van der Waals surface area contributed by atoms with Gasteiger partial charge in [0.05, 0.1) is 23.5 Å². The van der Waals surface area contributed by atoms with Crippen molar-refractivity contribution in [2.24, 2.45) is 4.99 Å². The van der Waals surface area contributed by atoms with E-state index in [9.17, 15) is 8.78 Å². The topological polar surface area (TPSA) is 88.2 Å². The summed E-state index contributed by atoms with van der Waals surface area (Å²) in [5.74, 6) is -2.01. The average Bonchev–Trinajstić information content (AvgIpc) is 3.35. The van der Waals surface area contributed by atoms with Crippen molar-refractivity contribution in [3.05, 3.63) is 58.2 Å². The van der Waals surface area contributed by atoms with E-state index >= 15 is 0 Å². The molecule has 7 nitrogen and oxygen atoms in total. The fourth-order valence-electron chi connectivity index (χ4n) is 4.57. The van der Waals surface area contributed by atoms with Crippen LogP contribution >= 0.6 is 0 Å². The Morgan fingerprint density at radius 2 is 2.09 bits per heavy atom. The highest BCUT2D eigenvalue weighted by Crippen LogP contribution is 2.35. The third kappa shape index (κ3) is 4.13. The first-order chi connectivity index (χ1) is 15.8. The molecule has 2 aliphatic heterocycles. The molecule has 1 saturated heterocycles. The van der Waals surface area contributed by atoms with Crippen LogP contribution in [0.3, 0.4) is 0 Å². The van der Waals surface area contributed by atoms with Crippen molar-refractivity contribution in [1.29, 1.82) is 0 Å². The van der Waals surface area contributed by atoms with Crippen LogP contribution < -0.4 is 10.6 Å². The van der Waals surface area contributed by atoms with Crippen LogP contribution in [-0.2, 0) is 12.5 Å². The lowest BCUT2D eigenvalue weighted by Crippen LogP contribution is -2.39. The number of nitrogens with one attached hydrogen (secondary N) is 2. The highest BCUT2D eigenvalue weighted by atomic mass is 19.3. The van der Waals surface area contributed by atoms with Crippen LogP contribution in [0.4, 0.5) is 14.7 Å². The molecule has 2 N–H and O–H groups in total. The molecule has 5 rings (SSSR count). The monoisotopic (exact) mass is 452 g/mol. The van der Waals surface area contributed by atoms with Crippen LogP contribution in [-0.4, -0.2) is 40.0 Å². The van der Waals surface area contributed by atoms with Gasteiger partial charge in [0.1, 0.15) is 11.5 Å². The van der Waals surface area contributed by atoms with Crippen molar-refractivity contribution >= 4 is 11.7 Å². The Morgan fingerprint density at radius 1 is 1.24 bits per heavy atom. The summed E-state index contributed by atoms with van der Waals surface area (Å²) in [6.07, 6.45) is 3.24. The van der Waals surface area contributed by atoms with Gasteiger partial charge >= 0.3 is 0 Å². The van der Waals surface area contributed by atoms with Crippen LogP contribution in [0.1, 0.15) is 53.6 Å². The second kappa shape index (κ2) is 8.30. The van der Waals surface area contributed by atoms with Crippen molar-refractivity contribution in [2.45, 2.75) is 52.1 Å². The molecule has 0 amide bonds.